The zero-order chi connectivity index (χ0) is 24.8. The molecule has 0 aliphatic carbocycles. The fourth-order valence-corrected chi connectivity index (χ4v) is 6.56. The van der Waals surface area contributed by atoms with Crippen LogP contribution in [0.15, 0.2) is 45.7 Å². The van der Waals surface area contributed by atoms with Gasteiger partial charge in [-0.25, -0.2) is 13.4 Å². The van der Waals surface area contributed by atoms with Gasteiger partial charge in [0, 0.05) is 23.3 Å². The third-order valence-corrected chi connectivity index (χ3v) is 8.32. The van der Waals surface area contributed by atoms with E-state index in [1.54, 1.807) is 31.3 Å². The second-order valence-electron chi connectivity index (χ2n) is 9.27. The van der Waals surface area contributed by atoms with Gasteiger partial charge in [0.25, 0.3) is 0 Å². The number of rotatable bonds is 8. The number of benzene rings is 2. The van der Waals surface area contributed by atoms with Crippen molar-refractivity contribution in [1.29, 1.82) is 0 Å². The molecule has 34 heavy (non-hydrogen) atoms. The number of nitrogens with one attached hydrogen (secondary N) is 1. The van der Waals surface area contributed by atoms with Crippen molar-refractivity contribution in [2.24, 2.45) is 11.8 Å². The van der Waals surface area contributed by atoms with Crippen molar-refractivity contribution in [3.8, 4) is 10.4 Å². The first kappa shape index (κ1) is 24.4. The van der Waals surface area contributed by atoms with Crippen LogP contribution in [0.4, 0.5) is 0 Å². The first-order valence-corrected chi connectivity index (χ1v) is 13.4. The number of fused-ring (bicyclic) bond motifs is 3. The maximum Gasteiger partial charge on any atom is 0.322 e. The Kier molecular flexibility index (Phi) is 6.54. The van der Waals surface area contributed by atoms with E-state index in [4.69, 9.17) is 9.40 Å². The third kappa shape index (κ3) is 4.73. The molecule has 0 saturated carbocycles. The van der Waals surface area contributed by atoms with Gasteiger partial charge < -0.3 is 9.52 Å². The van der Waals surface area contributed by atoms with Crippen LogP contribution < -0.4 is 4.72 Å². The molecular formula is C25H28N2O5S2. The van der Waals surface area contributed by atoms with Gasteiger partial charge in [-0.05, 0) is 54.7 Å². The number of hydrogen-bond donors (Lipinski definition) is 2. The predicted octanol–water partition coefficient (Wildman–Crippen LogP) is 5.60. The maximum atomic E-state index is 12.8. The Morgan fingerprint density at radius 1 is 1.09 bits per heavy atom. The number of aliphatic carboxylic acids is 1. The number of sulfonamides is 1. The summed E-state index contributed by atoms with van der Waals surface area (Å²) in [6.45, 7) is 9.67. The van der Waals surface area contributed by atoms with E-state index in [1.807, 2.05) is 25.1 Å². The highest BCUT2D eigenvalue weighted by atomic mass is 32.2. The Balaban J connectivity index is 1.73. The largest absolute Gasteiger partial charge is 0.480 e. The van der Waals surface area contributed by atoms with E-state index in [0.717, 1.165) is 38.3 Å². The summed E-state index contributed by atoms with van der Waals surface area (Å²) >= 11 is 1.70. The lowest BCUT2D eigenvalue weighted by Gasteiger charge is -2.17. The van der Waals surface area contributed by atoms with Crippen LogP contribution in [0, 0.1) is 18.8 Å². The molecule has 4 aromatic rings. The van der Waals surface area contributed by atoms with Crippen molar-refractivity contribution in [2.45, 2.75) is 52.0 Å². The summed E-state index contributed by atoms with van der Waals surface area (Å²) in [4.78, 5) is 17.3. The second-order valence-corrected chi connectivity index (χ2v) is 12.1. The van der Waals surface area contributed by atoms with E-state index in [0.29, 0.717) is 17.1 Å². The molecule has 0 spiro atoms. The summed E-state index contributed by atoms with van der Waals surface area (Å²) in [6, 6.07) is 9.32. The number of carboxylic acid groups (broad SMARTS) is 1. The maximum absolute atomic E-state index is 12.8. The van der Waals surface area contributed by atoms with Crippen LogP contribution in [-0.2, 0) is 21.2 Å². The van der Waals surface area contributed by atoms with Crippen molar-refractivity contribution in [3.05, 3.63) is 47.1 Å². The first-order valence-electron chi connectivity index (χ1n) is 11.1. The summed E-state index contributed by atoms with van der Waals surface area (Å²) in [7, 11) is -4.04. The van der Waals surface area contributed by atoms with Crippen molar-refractivity contribution >= 4 is 49.3 Å². The van der Waals surface area contributed by atoms with Gasteiger partial charge in [0.1, 0.15) is 17.2 Å². The fourth-order valence-electron chi connectivity index (χ4n) is 3.93. The van der Waals surface area contributed by atoms with E-state index < -0.39 is 28.0 Å². The average Bonchev–Trinajstić information content (AvgIpc) is 3.29. The summed E-state index contributed by atoms with van der Waals surface area (Å²) in [5, 5.41) is 12.1. The topological polar surface area (TPSA) is 110 Å². The molecule has 1 atom stereocenters. The molecule has 2 heterocycles. The quantitative estimate of drug-likeness (QED) is 0.326. The molecule has 0 aliphatic heterocycles. The van der Waals surface area contributed by atoms with Crippen LogP contribution in [0.3, 0.4) is 0 Å². The number of aromatic nitrogens is 1. The number of thiazole rings is 1. The van der Waals surface area contributed by atoms with E-state index in [-0.39, 0.29) is 4.90 Å². The van der Waals surface area contributed by atoms with Crippen LogP contribution in [-0.4, -0.2) is 30.5 Å². The number of aryl methyl sites for hydroxylation is 1. The number of carboxylic acids is 1. The van der Waals surface area contributed by atoms with Crippen molar-refractivity contribution in [3.63, 3.8) is 0 Å². The molecule has 4 rings (SSSR count). The van der Waals surface area contributed by atoms with Gasteiger partial charge >= 0.3 is 5.97 Å². The lowest BCUT2D eigenvalue weighted by atomic mass is 10.1. The molecule has 9 heteroatoms. The minimum Gasteiger partial charge on any atom is -0.480 e. The van der Waals surface area contributed by atoms with Gasteiger partial charge in [0.05, 0.1) is 20.5 Å². The monoisotopic (exact) mass is 500 g/mol. The van der Waals surface area contributed by atoms with Crippen molar-refractivity contribution < 1.29 is 22.7 Å². The first-order chi connectivity index (χ1) is 16.0. The van der Waals surface area contributed by atoms with E-state index in [1.165, 1.54) is 12.1 Å². The van der Waals surface area contributed by atoms with Crippen LogP contribution in [0.2, 0.25) is 0 Å². The molecule has 2 aromatic heterocycles. The zero-order valence-corrected chi connectivity index (χ0v) is 21.4. The second kappa shape index (κ2) is 9.13. The number of nitrogens with zero attached hydrogens (tertiary/aromatic N) is 1. The summed E-state index contributed by atoms with van der Waals surface area (Å²) in [5.74, 6) is -1.09. The minimum atomic E-state index is -4.04. The van der Waals surface area contributed by atoms with Gasteiger partial charge in [-0.15, -0.1) is 11.3 Å². The van der Waals surface area contributed by atoms with Crippen molar-refractivity contribution in [2.75, 3.05) is 0 Å². The molecule has 0 saturated heterocycles. The highest BCUT2D eigenvalue weighted by molar-refractivity contribution is 7.89. The molecule has 180 valence electrons. The third-order valence-electron chi connectivity index (χ3n) is 5.65. The van der Waals surface area contributed by atoms with Crippen LogP contribution in [0.5, 0.6) is 0 Å². The van der Waals surface area contributed by atoms with E-state index >= 15 is 0 Å². The van der Waals surface area contributed by atoms with Crippen LogP contribution in [0.1, 0.15) is 38.4 Å². The predicted molar refractivity (Wildman–Crippen MR) is 135 cm³/mol. The fraction of sp³-hybridized carbons (Fsp3) is 0.360. The summed E-state index contributed by atoms with van der Waals surface area (Å²) < 4.78 is 33.9. The van der Waals surface area contributed by atoms with Gasteiger partial charge in [0.15, 0.2) is 0 Å². The smallest absolute Gasteiger partial charge is 0.322 e. The van der Waals surface area contributed by atoms with Gasteiger partial charge in [0.2, 0.25) is 10.0 Å². The molecule has 0 bridgehead atoms. The molecular weight excluding hydrogens is 472 g/mol. The molecule has 7 nitrogen and oxygen atoms in total. The Bertz CT molecular complexity index is 1480. The van der Waals surface area contributed by atoms with Crippen molar-refractivity contribution in [1.82, 2.24) is 9.71 Å². The SMILES string of the molecule is Cc1nc(CC(C)C)sc1-c1ccc2oc3cc(S(=O)(=O)N[C@H](C(=O)O)C(C)C)ccc3c2c1. The molecule has 0 unspecified atom stereocenters. The lowest BCUT2D eigenvalue weighted by Crippen LogP contribution is -2.44. The molecule has 0 aliphatic rings. The Morgan fingerprint density at radius 2 is 1.82 bits per heavy atom. The van der Waals surface area contributed by atoms with Gasteiger partial charge in [-0.2, -0.15) is 4.72 Å². The molecule has 0 amide bonds. The lowest BCUT2D eigenvalue weighted by molar-refractivity contribution is -0.140. The van der Waals surface area contributed by atoms with Gasteiger partial charge in [-0.3, -0.25) is 4.79 Å². The zero-order valence-electron chi connectivity index (χ0n) is 19.7. The van der Waals surface area contributed by atoms with Crippen LogP contribution in [0.25, 0.3) is 32.4 Å². The Hall–Kier alpha value is -2.75. The number of carbonyl (C=O) groups is 1. The Labute approximate surface area is 202 Å². The molecule has 2 N–H and O–H groups in total. The van der Waals surface area contributed by atoms with Crippen LogP contribution >= 0.6 is 11.3 Å². The summed E-state index contributed by atoms with van der Waals surface area (Å²) in [6.07, 6.45) is 0.938. The van der Waals surface area contributed by atoms with Gasteiger partial charge in [-0.1, -0.05) is 27.7 Å². The highest BCUT2D eigenvalue weighted by Gasteiger charge is 2.28. The number of furan rings is 1. The Morgan fingerprint density at radius 3 is 2.47 bits per heavy atom. The van der Waals surface area contributed by atoms with E-state index in [9.17, 15) is 18.3 Å². The highest BCUT2D eigenvalue weighted by Crippen LogP contribution is 2.37. The summed E-state index contributed by atoms with van der Waals surface area (Å²) in [5.41, 5.74) is 3.11. The van der Waals surface area contributed by atoms with E-state index in [2.05, 4.69) is 18.6 Å². The molecule has 2 aromatic carbocycles. The normalized spacial score (nSPS) is 13.4. The average molecular weight is 501 g/mol. The molecule has 0 radical (unpaired) electrons. The molecule has 0 fully saturated rings. The standard InChI is InChI=1S/C25H28N2O5S2/c1-13(2)10-22-26-15(5)24(33-22)16-6-9-20-19(11-16)18-8-7-17(12-21(18)32-20)34(30,31)27-23(14(3)4)25(28)29/h6-9,11-14,23,27H,10H2,1-5H3,(H,28,29)/t23-/m0/s1. The minimum absolute atomic E-state index is 0.0391. The number of hydrogen-bond acceptors (Lipinski definition) is 6.